The lowest BCUT2D eigenvalue weighted by Crippen LogP contribution is -2.44. The van der Waals surface area contributed by atoms with Gasteiger partial charge in [-0.2, -0.15) is 5.10 Å². The monoisotopic (exact) mass is 305 g/mol. The highest BCUT2D eigenvalue weighted by molar-refractivity contribution is 5.96. The summed E-state index contributed by atoms with van der Waals surface area (Å²) >= 11 is 0. The van der Waals surface area contributed by atoms with Crippen molar-refractivity contribution in [2.24, 2.45) is 0 Å². The maximum Gasteiger partial charge on any atom is 0.248 e. The van der Waals surface area contributed by atoms with E-state index in [1.165, 1.54) is 0 Å². The quantitative estimate of drug-likeness (QED) is 0.841. The Morgan fingerprint density at radius 3 is 3.09 bits per heavy atom. The molecule has 7 nitrogen and oxygen atoms in total. The van der Waals surface area contributed by atoms with Crippen LogP contribution in [0, 0.1) is 0 Å². The normalized spacial score (nSPS) is 23.0. The van der Waals surface area contributed by atoms with Gasteiger partial charge in [0.1, 0.15) is 6.04 Å². The van der Waals surface area contributed by atoms with Crippen LogP contribution in [-0.2, 0) is 9.59 Å². The number of rotatable bonds is 5. The number of nitrogens with zero attached hydrogens (tertiary/aromatic N) is 3. The van der Waals surface area contributed by atoms with E-state index in [1.807, 2.05) is 23.9 Å². The number of hydrogen-bond acceptors (Lipinski definition) is 4. The van der Waals surface area contributed by atoms with Crippen molar-refractivity contribution < 1.29 is 9.59 Å². The largest absolute Gasteiger partial charge is 0.331 e. The summed E-state index contributed by atoms with van der Waals surface area (Å²) < 4.78 is 1.90. The molecule has 3 heterocycles. The average Bonchev–Trinajstić information content (AvgIpc) is 3.21. The van der Waals surface area contributed by atoms with E-state index in [9.17, 15) is 9.59 Å². The van der Waals surface area contributed by atoms with Crippen LogP contribution in [0.5, 0.6) is 0 Å². The topological polar surface area (TPSA) is 79.3 Å². The molecule has 2 saturated heterocycles. The molecule has 2 atom stereocenters. The number of carbonyl (C=O) groups is 2. The summed E-state index contributed by atoms with van der Waals surface area (Å²) in [5.74, 6) is 0.485. The van der Waals surface area contributed by atoms with Crippen LogP contribution < -0.4 is 10.6 Å². The van der Waals surface area contributed by atoms with Gasteiger partial charge in [0.05, 0.1) is 6.04 Å². The lowest BCUT2D eigenvalue weighted by Gasteiger charge is -2.25. The third-order valence-electron chi connectivity index (χ3n) is 4.44. The molecule has 1 aromatic heterocycles. The molecule has 0 radical (unpaired) electrons. The Morgan fingerprint density at radius 2 is 2.45 bits per heavy atom. The summed E-state index contributed by atoms with van der Waals surface area (Å²) in [5, 5.41) is 10.6. The summed E-state index contributed by atoms with van der Waals surface area (Å²) in [4.78, 5) is 26.0. The molecule has 7 heteroatoms. The average molecular weight is 305 g/mol. The number of nitrogens with one attached hydrogen (secondary N) is 2. The predicted octanol–water partition coefficient (Wildman–Crippen LogP) is 0.757. The fourth-order valence-electron chi connectivity index (χ4n) is 3.23. The van der Waals surface area contributed by atoms with E-state index < -0.39 is 6.04 Å². The molecule has 2 aliphatic heterocycles. The van der Waals surface area contributed by atoms with Gasteiger partial charge in [-0.25, -0.2) is 0 Å². The van der Waals surface area contributed by atoms with E-state index >= 15 is 0 Å². The second kappa shape index (κ2) is 6.48. The van der Waals surface area contributed by atoms with Crippen LogP contribution in [0.25, 0.3) is 0 Å². The molecule has 0 unspecified atom stereocenters. The standard InChI is InChI=1S/C15H23N5O2/c1-2-12(19-8-3-4-14(19)21)15(22)17-13-6-9-20(18-13)11-5-7-16-10-11/h6,9,11-12,16H,2-5,7-8,10H2,1H3,(H,17,18,22)/t11-,12-/m0/s1. The second-order valence-electron chi connectivity index (χ2n) is 5.93. The summed E-state index contributed by atoms with van der Waals surface area (Å²) in [6, 6.07) is 1.77. The molecule has 2 N–H and O–H groups in total. The summed E-state index contributed by atoms with van der Waals surface area (Å²) in [5.41, 5.74) is 0. The minimum absolute atomic E-state index is 0.0737. The van der Waals surface area contributed by atoms with Crippen LogP contribution in [0.15, 0.2) is 12.3 Å². The van der Waals surface area contributed by atoms with Gasteiger partial charge in [0.2, 0.25) is 11.8 Å². The zero-order chi connectivity index (χ0) is 15.5. The van der Waals surface area contributed by atoms with E-state index in [1.54, 1.807) is 4.90 Å². The third-order valence-corrected chi connectivity index (χ3v) is 4.44. The van der Waals surface area contributed by atoms with Gasteiger partial charge >= 0.3 is 0 Å². The van der Waals surface area contributed by atoms with E-state index in [4.69, 9.17) is 0 Å². The molecule has 0 aliphatic carbocycles. The Kier molecular flexibility index (Phi) is 4.42. The van der Waals surface area contributed by atoms with Crippen molar-refractivity contribution >= 4 is 17.6 Å². The molecule has 2 aliphatic rings. The zero-order valence-corrected chi connectivity index (χ0v) is 12.9. The van der Waals surface area contributed by atoms with Gasteiger partial charge in [0, 0.05) is 31.8 Å². The summed E-state index contributed by atoms with van der Waals surface area (Å²) in [6.07, 6.45) is 4.95. The van der Waals surface area contributed by atoms with Crippen molar-refractivity contribution in [2.75, 3.05) is 25.0 Å². The minimum atomic E-state index is -0.395. The van der Waals surface area contributed by atoms with Crippen molar-refractivity contribution in [1.29, 1.82) is 0 Å². The molecule has 0 bridgehead atoms. The van der Waals surface area contributed by atoms with Gasteiger partial charge in [0.25, 0.3) is 0 Å². The van der Waals surface area contributed by atoms with Gasteiger partial charge in [0.15, 0.2) is 5.82 Å². The van der Waals surface area contributed by atoms with Gasteiger partial charge in [-0.05, 0) is 25.8 Å². The predicted molar refractivity (Wildman–Crippen MR) is 82.4 cm³/mol. The minimum Gasteiger partial charge on any atom is -0.331 e. The Bertz CT molecular complexity index is 550. The fraction of sp³-hybridized carbons (Fsp3) is 0.667. The molecule has 3 rings (SSSR count). The maximum atomic E-state index is 12.4. The van der Waals surface area contributed by atoms with Crippen molar-refractivity contribution in [1.82, 2.24) is 20.0 Å². The van der Waals surface area contributed by atoms with Crippen molar-refractivity contribution in [3.05, 3.63) is 12.3 Å². The van der Waals surface area contributed by atoms with Crippen molar-refractivity contribution in [3.8, 4) is 0 Å². The Hall–Kier alpha value is -1.89. The number of likely N-dealkylation sites (tertiary alicyclic amines) is 1. The Labute approximate surface area is 130 Å². The molecule has 0 spiro atoms. The van der Waals surface area contributed by atoms with E-state index in [0.29, 0.717) is 31.2 Å². The second-order valence-corrected chi connectivity index (χ2v) is 5.93. The van der Waals surface area contributed by atoms with Crippen molar-refractivity contribution in [3.63, 3.8) is 0 Å². The molecule has 1 aromatic rings. The highest BCUT2D eigenvalue weighted by atomic mass is 16.2. The van der Waals surface area contributed by atoms with Gasteiger partial charge in [-0.15, -0.1) is 0 Å². The first kappa shape index (κ1) is 15.0. The molecule has 120 valence electrons. The SMILES string of the molecule is CC[C@@H](C(=O)Nc1ccn([C@H]2CCNC2)n1)N1CCCC1=O. The van der Waals surface area contributed by atoms with Crippen LogP contribution in [0.2, 0.25) is 0 Å². The number of amides is 2. The Balaban J connectivity index is 1.63. The fourth-order valence-corrected chi connectivity index (χ4v) is 3.23. The van der Waals surface area contributed by atoms with Crippen LogP contribution in [0.4, 0.5) is 5.82 Å². The molecule has 2 amide bonds. The Morgan fingerprint density at radius 1 is 1.59 bits per heavy atom. The number of carbonyl (C=O) groups excluding carboxylic acids is 2. The van der Waals surface area contributed by atoms with E-state index in [0.717, 1.165) is 25.9 Å². The molecule has 2 fully saturated rings. The van der Waals surface area contributed by atoms with Crippen LogP contribution in [-0.4, -0.2) is 52.2 Å². The first-order valence-electron chi connectivity index (χ1n) is 8.05. The lowest BCUT2D eigenvalue weighted by molar-refractivity contribution is -0.135. The summed E-state index contributed by atoms with van der Waals surface area (Å²) in [6.45, 7) is 4.52. The zero-order valence-electron chi connectivity index (χ0n) is 12.9. The van der Waals surface area contributed by atoms with Crippen LogP contribution >= 0.6 is 0 Å². The lowest BCUT2D eigenvalue weighted by atomic mass is 10.2. The van der Waals surface area contributed by atoms with Gasteiger partial charge in [-0.1, -0.05) is 6.92 Å². The molecule has 0 aromatic carbocycles. The van der Waals surface area contributed by atoms with E-state index in [-0.39, 0.29) is 11.8 Å². The first-order valence-corrected chi connectivity index (χ1v) is 8.05. The number of hydrogen-bond donors (Lipinski definition) is 2. The highest BCUT2D eigenvalue weighted by Crippen LogP contribution is 2.19. The van der Waals surface area contributed by atoms with Crippen LogP contribution in [0.1, 0.15) is 38.6 Å². The molecule has 22 heavy (non-hydrogen) atoms. The highest BCUT2D eigenvalue weighted by Gasteiger charge is 2.31. The number of anilines is 1. The third kappa shape index (κ3) is 2.99. The maximum absolute atomic E-state index is 12.4. The summed E-state index contributed by atoms with van der Waals surface area (Å²) in [7, 11) is 0. The number of aromatic nitrogens is 2. The smallest absolute Gasteiger partial charge is 0.248 e. The van der Waals surface area contributed by atoms with Gasteiger partial charge < -0.3 is 15.5 Å². The molecular weight excluding hydrogens is 282 g/mol. The van der Waals surface area contributed by atoms with Crippen LogP contribution in [0.3, 0.4) is 0 Å². The molecule has 0 saturated carbocycles. The van der Waals surface area contributed by atoms with Crippen molar-refractivity contribution in [2.45, 2.75) is 44.7 Å². The van der Waals surface area contributed by atoms with E-state index in [2.05, 4.69) is 15.7 Å². The van der Waals surface area contributed by atoms with Gasteiger partial charge in [-0.3, -0.25) is 14.3 Å². The first-order chi connectivity index (χ1) is 10.7. The molecular formula is C15H23N5O2.